The van der Waals surface area contributed by atoms with Crippen LogP contribution in [0.5, 0.6) is 0 Å². The summed E-state index contributed by atoms with van der Waals surface area (Å²) >= 11 is 0. The molecular formula is C51H58N8O7. The maximum Gasteiger partial charge on any atom is 0.407 e. The van der Waals surface area contributed by atoms with Crippen LogP contribution >= 0.6 is 0 Å². The molecule has 3 atom stereocenters. The van der Waals surface area contributed by atoms with E-state index in [1.807, 2.05) is 70.2 Å². The summed E-state index contributed by atoms with van der Waals surface area (Å²) in [6.45, 7) is 9.34. The van der Waals surface area contributed by atoms with Gasteiger partial charge in [-0.2, -0.15) is 0 Å². The molecule has 2 aromatic heterocycles. The molecule has 4 amide bonds. The molecule has 4 N–H and O–H groups in total. The van der Waals surface area contributed by atoms with Gasteiger partial charge in [-0.3, -0.25) is 14.4 Å². The second-order valence-electron chi connectivity index (χ2n) is 16.9. The molecule has 2 unspecified atom stereocenters. The van der Waals surface area contributed by atoms with Gasteiger partial charge in [-0.15, -0.1) is 0 Å². The van der Waals surface area contributed by atoms with Crippen molar-refractivity contribution in [2.75, 3.05) is 47.6 Å². The molecule has 7 rings (SSSR count). The van der Waals surface area contributed by atoms with E-state index in [-0.39, 0.29) is 37.4 Å². The van der Waals surface area contributed by atoms with Crippen molar-refractivity contribution in [3.05, 3.63) is 120 Å². The fraction of sp³-hybridized carbons (Fsp3) is 0.333. The first kappa shape index (κ1) is 46.9. The molecule has 7 aromatic rings. The number of imidazole rings is 2. The second-order valence-corrected chi connectivity index (χ2v) is 16.9. The highest BCUT2D eigenvalue weighted by Gasteiger charge is 2.30. The van der Waals surface area contributed by atoms with E-state index in [0.717, 1.165) is 66.7 Å². The number of benzene rings is 5. The molecule has 0 aliphatic heterocycles. The van der Waals surface area contributed by atoms with Gasteiger partial charge in [0.15, 0.2) is 0 Å². The number of nitrogens with one attached hydrogen (secondary N) is 4. The van der Waals surface area contributed by atoms with E-state index in [0.29, 0.717) is 36.9 Å². The molecule has 2 heterocycles. The Labute approximate surface area is 383 Å². The van der Waals surface area contributed by atoms with Crippen LogP contribution in [0.15, 0.2) is 103 Å². The lowest BCUT2D eigenvalue weighted by Crippen LogP contribution is -2.47. The minimum Gasteiger partial charge on any atom is -0.453 e. The number of fused-ring (bicyclic) bond motifs is 6. The molecule has 344 valence electrons. The molecule has 15 heteroatoms. The number of H-pyrrole nitrogens is 2. The molecule has 15 nitrogen and oxygen atoms in total. The molecule has 5 aromatic carbocycles. The van der Waals surface area contributed by atoms with Gasteiger partial charge in [-0.25, -0.2) is 14.8 Å². The first-order valence-corrected chi connectivity index (χ1v) is 22.1. The number of rotatable bonds is 19. The van der Waals surface area contributed by atoms with Gasteiger partial charge in [0.25, 0.3) is 0 Å². The quantitative estimate of drug-likeness (QED) is 0.0585. The summed E-state index contributed by atoms with van der Waals surface area (Å²) in [4.78, 5) is 73.2. The van der Waals surface area contributed by atoms with Crippen LogP contribution in [0.25, 0.3) is 54.7 Å². The Hall–Kier alpha value is -7.10. The number of methoxy groups -OCH3 is 3. The Morgan fingerprint density at radius 2 is 1.32 bits per heavy atom. The fourth-order valence-corrected chi connectivity index (χ4v) is 8.41. The van der Waals surface area contributed by atoms with E-state index < -0.39 is 24.1 Å². The number of nitrogens with zero attached hydrogens (tertiary/aromatic N) is 4. The highest BCUT2D eigenvalue weighted by molar-refractivity contribution is 6.07. The van der Waals surface area contributed by atoms with Crippen molar-refractivity contribution in [3.63, 3.8) is 0 Å². The summed E-state index contributed by atoms with van der Waals surface area (Å²) in [6.07, 6.45) is 1.77. The van der Waals surface area contributed by atoms with Gasteiger partial charge >= 0.3 is 6.09 Å². The molecule has 0 fully saturated rings. The Bertz CT molecular complexity index is 2890. The number of ether oxygens (including phenoxy) is 3. The van der Waals surface area contributed by atoms with Gasteiger partial charge in [-0.05, 0) is 77.9 Å². The Morgan fingerprint density at radius 1 is 0.727 bits per heavy atom. The van der Waals surface area contributed by atoms with Crippen molar-refractivity contribution in [2.24, 2.45) is 5.92 Å². The number of alkyl carbamates (subject to hydrolysis) is 1. The lowest BCUT2D eigenvalue weighted by molar-refractivity contribution is -0.138. The number of carbonyl (C=O) groups excluding carboxylic acids is 4. The smallest absolute Gasteiger partial charge is 0.407 e. The fourth-order valence-electron chi connectivity index (χ4n) is 8.41. The van der Waals surface area contributed by atoms with Gasteiger partial charge in [0.05, 0.1) is 48.9 Å². The van der Waals surface area contributed by atoms with Crippen molar-refractivity contribution in [2.45, 2.75) is 59.3 Å². The molecular weight excluding hydrogens is 837 g/mol. The third-order valence-electron chi connectivity index (χ3n) is 11.3. The summed E-state index contributed by atoms with van der Waals surface area (Å²) < 4.78 is 15.3. The van der Waals surface area contributed by atoms with Gasteiger partial charge in [-0.1, -0.05) is 92.2 Å². The van der Waals surface area contributed by atoms with Crippen LogP contribution in [0.2, 0.25) is 0 Å². The van der Waals surface area contributed by atoms with Crippen molar-refractivity contribution in [1.82, 2.24) is 40.4 Å². The Morgan fingerprint density at radius 3 is 1.85 bits per heavy atom. The predicted molar refractivity (Wildman–Crippen MR) is 256 cm³/mol. The van der Waals surface area contributed by atoms with E-state index in [9.17, 15) is 19.2 Å². The third kappa shape index (κ3) is 10.9. The average molecular weight is 895 g/mol. The summed E-state index contributed by atoms with van der Waals surface area (Å²) in [7, 11) is 4.35. The van der Waals surface area contributed by atoms with Crippen LogP contribution in [-0.4, -0.2) is 107 Å². The zero-order chi connectivity index (χ0) is 46.9. The average Bonchev–Trinajstić information content (AvgIpc) is 3.93. The standard InChI is InChI=1S/C51H58N8O7/c1-8-22-58(49(61)42(23-31(2)3)54-51(63)66-7)27-43-52-40-20-16-36-24-34(14-18-38(36)47(40)55-43)35-15-19-39-37(25-35)17-21-41-48(39)56-44(53-41)28-59(26-32(4)29-64-5)50(62)46(57-45(60)30-65-6)33-12-10-9-11-13-33/h9-21,23-25,32,42,46H,8,22,26-30H2,1-7H3,(H,52,55)(H,53,56)(H,54,63)(H,57,60)/t32?,42?,46-/m1/s1. The molecule has 0 bridgehead atoms. The maximum absolute atomic E-state index is 14.4. The summed E-state index contributed by atoms with van der Waals surface area (Å²) in [5.41, 5.74) is 6.95. The number of aromatic amines is 2. The van der Waals surface area contributed by atoms with Crippen molar-refractivity contribution in [3.8, 4) is 11.1 Å². The number of carbonyl (C=O) groups is 4. The summed E-state index contributed by atoms with van der Waals surface area (Å²) in [5.74, 6) is 0.362. The third-order valence-corrected chi connectivity index (χ3v) is 11.3. The van der Waals surface area contributed by atoms with E-state index in [1.165, 1.54) is 14.2 Å². The number of hydrogen-bond donors (Lipinski definition) is 4. The van der Waals surface area contributed by atoms with Crippen LogP contribution in [0.4, 0.5) is 4.79 Å². The molecule has 0 saturated heterocycles. The highest BCUT2D eigenvalue weighted by Crippen LogP contribution is 2.33. The van der Waals surface area contributed by atoms with Gasteiger partial charge in [0.2, 0.25) is 17.7 Å². The Balaban J connectivity index is 1.14. The van der Waals surface area contributed by atoms with Crippen LogP contribution in [0, 0.1) is 5.92 Å². The van der Waals surface area contributed by atoms with Crippen LogP contribution < -0.4 is 10.6 Å². The lowest BCUT2D eigenvalue weighted by atomic mass is 9.98. The predicted octanol–water partition coefficient (Wildman–Crippen LogP) is 7.96. The number of hydrogen-bond acceptors (Lipinski definition) is 9. The molecule has 0 radical (unpaired) electrons. The van der Waals surface area contributed by atoms with E-state index in [4.69, 9.17) is 24.2 Å². The van der Waals surface area contributed by atoms with Gasteiger partial charge in [0, 0.05) is 38.1 Å². The van der Waals surface area contributed by atoms with Crippen LogP contribution in [0.3, 0.4) is 0 Å². The van der Waals surface area contributed by atoms with Crippen molar-refractivity contribution in [1.29, 1.82) is 0 Å². The van der Waals surface area contributed by atoms with Crippen LogP contribution in [-0.2, 0) is 41.7 Å². The van der Waals surface area contributed by atoms with Gasteiger partial charge in [0.1, 0.15) is 30.3 Å². The highest BCUT2D eigenvalue weighted by atomic mass is 16.5. The van der Waals surface area contributed by atoms with E-state index in [1.54, 1.807) is 23.0 Å². The van der Waals surface area contributed by atoms with Crippen molar-refractivity contribution >= 4 is 67.4 Å². The van der Waals surface area contributed by atoms with Crippen LogP contribution in [0.1, 0.15) is 57.4 Å². The topological polar surface area (TPSA) is 184 Å². The molecule has 0 aliphatic carbocycles. The Kier molecular flexibility index (Phi) is 15.1. The minimum absolute atomic E-state index is 0.00983. The zero-order valence-corrected chi connectivity index (χ0v) is 38.6. The summed E-state index contributed by atoms with van der Waals surface area (Å²) in [6, 6.07) is 28.2. The van der Waals surface area contributed by atoms with Crippen molar-refractivity contribution < 1.29 is 33.4 Å². The van der Waals surface area contributed by atoms with Gasteiger partial charge < -0.3 is 44.6 Å². The first-order chi connectivity index (χ1) is 31.9. The summed E-state index contributed by atoms with van der Waals surface area (Å²) in [5, 5.41) is 9.57. The second kappa shape index (κ2) is 21.3. The first-order valence-electron chi connectivity index (χ1n) is 22.1. The minimum atomic E-state index is -0.922. The number of aromatic nitrogens is 4. The normalized spacial score (nSPS) is 12.8. The number of amides is 4. The van der Waals surface area contributed by atoms with E-state index in [2.05, 4.69) is 69.1 Å². The molecule has 66 heavy (non-hydrogen) atoms. The SMILES string of the molecule is CCCN(Cc1nc2ccc3cc(-c4ccc5c(ccc6nc(CN(CC(C)COC)C(=O)[C@H](NC(=O)COC)c7ccccc7)[nH]c65)c4)ccc3c2[nH]1)C(=O)C(C=C(C)C)NC(=O)OC. The van der Waals surface area contributed by atoms with E-state index >= 15 is 0 Å². The molecule has 0 saturated carbocycles. The zero-order valence-electron chi connectivity index (χ0n) is 38.6. The molecule has 0 aliphatic rings. The maximum atomic E-state index is 14.4. The largest absolute Gasteiger partial charge is 0.453 e. The number of allylic oxidation sites excluding steroid dienone is 1. The lowest BCUT2D eigenvalue weighted by Gasteiger charge is -2.29. The monoisotopic (exact) mass is 894 g/mol. The molecule has 0 spiro atoms.